The molecule has 24 heavy (non-hydrogen) atoms. The number of carbonyl (C=O) groups is 3. The third-order valence-corrected chi connectivity index (χ3v) is 2.63. The number of ether oxygens (including phenoxy) is 3. The Labute approximate surface area is 138 Å². The van der Waals surface area contributed by atoms with Crippen LogP contribution in [0.4, 0.5) is 13.6 Å². The Morgan fingerprint density at radius 1 is 1.17 bits per heavy atom. The van der Waals surface area contributed by atoms with E-state index in [0.29, 0.717) is 0 Å². The standard InChI is InChI=1S/C14H23F2NO7/c1-14(2,3)24-13(21)17-9(7-23-12(15)16)10(18)5-8(6-22-4)11(19)20/h8-9,12H,5-7H2,1-4H3,(H,17,21)(H,19,20)/t8-,9-/m0/s1. The number of alkyl halides is 2. The minimum atomic E-state index is -3.14. The number of nitrogens with one attached hydrogen (secondary N) is 1. The van der Waals surface area contributed by atoms with E-state index in [9.17, 15) is 23.2 Å². The molecular weight excluding hydrogens is 332 g/mol. The molecule has 8 nitrogen and oxygen atoms in total. The van der Waals surface area contributed by atoms with Crippen molar-refractivity contribution in [2.75, 3.05) is 20.3 Å². The van der Waals surface area contributed by atoms with Gasteiger partial charge < -0.3 is 24.6 Å². The number of alkyl carbamates (subject to hydrolysis) is 1. The lowest BCUT2D eigenvalue weighted by molar-refractivity contribution is -0.149. The molecule has 0 aromatic rings. The summed E-state index contributed by atoms with van der Waals surface area (Å²) < 4.78 is 38.1. The summed E-state index contributed by atoms with van der Waals surface area (Å²) in [5, 5.41) is 11.1. The van der Waals surface area contributed by atoms with Gasteiger partial charge in [-0.3, -0.25) is 9.59 Å². The minimum Gasteiger partial charge on any atom is -0.481 e. The highest BCUT2D eigenvalue weighted by molar-refractivity contribution is 5.90. The second kappa shape index (κ2) is 10.1. The molecule has 0 fully saturated rings. The van der Waals surface area contributed by atoms with E-state index in [-0.39, 0.29) is 6.61 Å². The zero-order valence-electron chi connectivity index (χ0n) is 14.0. The quantitative estimate of drug-likeness (QED) is 0.610. The predicted octanol–water partition coefficient (Wildman–Crippen LogP) is 1.43. The first-order valence-corrected chi connectivity index (χ1v) is 7.10. The average molecular weight is 355 g/mol. The normalized spacial score (nSPS) is 14.1. The van der Waals surface area contributed by atoms with Gasteiger partial charge in [0.25, 0.3) is 0 Å². The molecule has 0 unspecified atom stereocenters. The van der Waals surface area contributed by atoms with Crippen molar-refractivity contribution in [3.63, 3.8) is 0 Å². The summed E-state index contributed by atoms with van der Waals surface area (Å²) in [6.45, 7) is 0.550. The lowest BCUT2D eigenvalue weighted by Crippen LogP contribution is -2.47. The number of carbonyl (C=O) groups excluding carboxylic acids is 2. The van der Waals surface area contributed by atoms with E-state index in [0.717, 1.165) is 0 Å². The van der Waals surface area contributed by atoms with Crippen LogP contribution in [0.2, 0.25) is 0 Å². The van der Waals surface area contributed by atoms with E-state index in [1.165, 1.54) is 7.11 Å². The third-order valence-electron chi connectivity index (χ3n) is 2.63. The van der Waals surface area contributed by atoms with Crippen molar-refractivity contribution < 1.29 is 42.5 Å². The monoisotopic (exact) mass is 355 g/mol. The number of hydrogen-bond donors (Lipinski definition) is 2. The zero-order chi connectivity index (χ0) is 18.9. The molecule has 0 radical (unpaired) electrons. The van der Waals surface area contributed by atoms with Crippen molar-refractivity contribution in [1.82, 2.24) is 5.32 Å². The van der Waals surface area contributed by atoms with Crippen molar-refractivity contribution in [2.45, 2.75) is 45.4 Å². The fourth-order valence-electron chi connectivity index (χ4n) is 1.64. The number of aliphatic carboxylic acids is 1. The number of carboxylic acid groups (broad SMARTS) is 1. The number of methoxy groups -OCH3 is 1. The number of ketones is 1. The lowest BCUT2D eigenvalue weighted by atomic mass is 9.99. The second-order valence-electron chi connectivity index (χ2n) is 5.95. The summed E-state index contributed by atoms with van der Waals surface area (Å²) in [6, 6.07) is -1.47. The van der Waals surface area contributed by atoms with Gasteiger partial charge >= 0.3 is 18.7 Å². The van der Waals surface area contributed by atoms with E-state index >= 15 is 0 Å². The first kappa shape index (κ1) is 22.2. The van der Waals surface area contributed by atoms with Crippen LogP contribution in [0.1, 0.15) is 27.2 Å². The Morgan fingerprint density at radius 2 is 1.75 bits per heavy atom. The summed E-state index contributed by atoms with van der Waals surface area (Å²) in [7, 11) is 1.26. The maximum Gasteiger partial charge on any atom is 0.408 e. The molecular formula is C14H23F2NO7. The Balaban J connectivity index is 4.93. The fourth-order valence-corrected chi connectivity index (χ4v) is 1.64. The summed E-state index contributed by atoms with van der Waals surface area (Å²) in [6.07, 6.45) is -1.52. The van der Waals surface area contributed by atoms with Crippen molar-refractivity contribution in [3.05, 3.63) is 0 Å². The first-order valence-electron chi connectivity index (χ1n) is 7.10. The van der Waals surface area contributed by atoms with Crippen LogP contribution in [-0.4, -0.2) is 61.5 Å². The highest BCUT2D eigenvalue weighted by Gasteiger charge is 2.29. The van der Waals surface area contributed by atoms with Crippen LogP contribution in [0, 0.1) is 5.92 Å². The summed E-state index contributed by atoms with van der Waals surface area (Å²) >= 11 is 0. The van der Waals surface area contributed by atoms with E-state index in [2.05, 4.69) is 10.1 Å². The van der Waals surface area contributed by atoms with Gasteiger partial charge in [-0.05, 0) is 20.8 Å². The Kier molecular flexibility index (Phi) is 9.37. The van der Waals surface area contributed by atoms with Crippen LogP contribution < -0.4 is 5.32 Å². The molecule has 0 heterocycles. The van der Waals surface area contributed by atoms with Gasteiger partial charge in [0.2, 0.25) is 0 Å². The molecule has 0 bridgehead atoms. The molecule has 0 saturated heterocycles. The Bertz CT molecular complexity index is 437. The number of hydrogen-bond acceptors (Lipinski definition) is 6. The van der Waals surface area contributed by atoms with Crippen molar-refractivity contribution in [2.24, 2.45) is 5.92 Å². The molecule has 0 aromatic heterocycles. The van der Waals surface area contributed by atoms with Gasteiger partial charge in [-0.2, -0.15) is 8.78 Å². The zero-order valence-corrected chi connectivity index (χ0v) is 14.0. The fraction of sp³-hybridized carbons (Fsp3) is 0.786. The molecule has 0 aromatic carbocycles. The molecule has 0 aliphatic carbocycles. The number of carboxylic acids is 1. The van der Waals surface area contributed by atoms with Gasteiger partial charge in [-0.15, -0.1) is 0 Å². The van der Waals surface area contributed by atoms with Gasteiger partial charge in [0.15, 0.2) is 5.78 Å². The van der Waals surface area contributed by atoms with Crippen molar-refractivity contribution in [3.8, 4) is 0 Å². The molecule has 0 spiro atoms. The van der Waals surface area contributed by atoms with Crippen LogP contribution in [0.25, 0.3) is 0 Å². The Morgan fingerprint density at radius 3 is 2.17 bits per heavy atom. The molecule has 140 valence electrons. The summed E-state index contributed by atoms with van der Waals surface area (Å²) in [5.74, 6) is -3.24. The molecule has 2 atom stereocenters. The maximum absolute atomic E-state index is 12.2. The highest BCUT2D eigenvalue weighted by atomic mass is 19.3. The molecule has 2 N–H and O–H groups in total. The second-order valence-corrected chi connectivity index (χ2v) is 5.95. The van der Waals surface area contributed by atoms with Gasteiger partial charge in [-0.25, -0.2) is 4.79 Å². The maximum atomic E-state index is 12.2. The van der Waals surface area contributed by atoms with Gasteiger partial charge in [-0.1, -0.05) is 0 Å². The van der Waals surface area contributed by atoms with Crippen LogP contribution in [0.5, 0.6) is 0 Å². The van der Waals surface area contributed by atoms with Crippen LogP contribution in [0.3, 0.4) is 0 Å². The average Bonchev–Trinajstić information content (AvgIpc) is 2.40. The van der Waals surface area contributed by atoms with E-state index in [1.807, 2.05) is 0 Å². The van der Waals surface area contributed by atoms with E-state index < -0.39 is 55.0 Å². The highest BCUT2D eigenvalue weighted by Crippen LogP contribution is 2.11. The molecule has 0 aliphatic heterocycles. The first-order chi connectivity index (χ1) is 11.0. The van der Waals surface area contributed by atoms with Crippen LogP contribution in [0.15, 0.2) is 0 Å². The third kappa shape index (κ3) is 10.1. The molecule has 1 amide bonds. The van der Waals surface area contributed by atoms with Gasteiger partial charge in [0.1, 0.15) is 11.6 Å². The number of amides is 1. The number of Topliss-reactive ketones (excluding diaryl/α,β-unsaturated/α-hetero) is 1. The topological polar surface area (TPSA) is 111 Å². The summed E-state index contributed by atoms with van der Waals surface area (Å²) in [4.78, 5) is 34.9. The molecule has 10 heteroatoms. The lowest BCUT2D eigenvalue weighted by Gasteiger charge is -2.23. The molecule has 0 saturated carbocycles. The van der Waals surface area contributed by atoms with Crippen molar-refractivity contribution in [1.29, 1.82) is 0 Å². The molecule has 0 rings (SSSR count). The smallest absolute Gasteiger partial charge is 0.408 e. The number of rotatable bonds is 10. The van der Waals surface area contributed by atoms with Crippen LogP contribution in [-0.2, 0) is 23.8 Å². The van der Waals surface area contributed by atoms with Crippen molar-refractivity contribution >= 4 is 17.8 Å². The van der Waals surface area contributed by atoms with E-state index in [1.54, 1.807) is 20.8 Å². The molecule has 0 aliphatic rings. The van der Waals surface area contributed by atoms with Gasteiger partial charge in [0.05, 0.1) is 19.1 Å². The largest absolute Gasteiger partial charge is 0.481 e. The SMILES string of the molecule is COC[C@H](CC(=O)[C@H](COC(F)F)NC(=O)OC(C)(C)C)C(=O)O. The number of halogens is 2. The van der Waals surface area contributed by atoms with Crippen LogP contribution >= 0.6 is 0 Å². The predicted molar refractivity (Wildman–Crippen MR) is 77.7 cm³/mol. The Hall–Kier alpha value is -1.81. The van der Waals surface area contributed by atoms with Gasteiger partial charge in [0, 0.05) is 13.5 Å². The summed E-state index contributed by atoms with van der Waals surface area (Å²) in [5.41, 5.74) is -0.860. The minimum absolute atomic E-state index is 0.240. The van der Waals surface area contributed by atoms with E-state index in [4.69, 9.17) is 14.6 Å².